The summed E-state index contributed by atoms with van der Waals surface area (Å²) in [5.41, 5.74) is 0.882. The predicted molar refractivity (Wildman–Crippen MR) is 117 cm³/mol. The Labute approximate surface area is 184 Å². The van der Waals surface area contributed by atoms with Gasteiger partial charge in [-0.25, -0.2) is 14.8 Å². The van der Waals surface area contributed by atoms with Crippen molar-refractivity contribution in [3.05, 3.63) is 29.8 Å². The molecular formula is C21H26N4O3S2. The van der Waals surface area contributed by atoms with Crippen molar-refractivity contribution in [2.45, 2.75) is 43.9 Å². The number of likely N-dealkylation sites (tertiary alicyclic amines) is 1. The Bertz CT molecular complexity index is 882. The molecule has 0 aromatic carbocycles. The van der Waals surface area contributed by atoms with Crippen molar-refractivity contribution in [2.24, 2.45) is 5.92 Å². The van der Waals surface area contributed by atoms with E-state index in [1.807, 2.05) is 33.4 Å². The standard InChI is InChI=1S/C21H26N4O3S2/c1-14(2)17-12-28-21(27)25(17)15-6-9-24(10-7-15)19(26)13-30-20-22-8-5-16(23-20)18-4-3-11-29-18/h3-5,8,11,14-15,17H,6-7,9-10,12-13H2,1-2H3. The zero-order chi connectivity index (χ0) is 21.1. The van der Waals surface area contributed by atoms with Gasteiger partial charge in [-0.3, -0.25) is 9.69 Å². The van der Waals surface area contributed by atoms with Gasteiger partial charge in [-0.05, 0) is 36.3 Å². The Balaban J connectivity index is 1.29. The minimum absolute atomic E-state index is 0.0907. The first-order valence-corrected chi connectivity index (χ1v) is 12.1. The van der Waals surface area contributed by atoms with E-state index in [1.54, 1.807) is 17.5 Å². The third-order valence-corrected chi connectivity index (χ3v) is 7.40. The lowest BCUT2D eigenvalue weighted by molar-refractivity contribution is -0.129. The zero-order valence-electron chi connectivity index (χ0n) is 17.2. The molecule has 2 aliphatic heterocycles. The second-order valence-electron chi connectivity index (χ2n) is 7.90. The minimum atomic E-state index is -0.211. The fourth-order valence-electron chi connectivity index (χ4n) is 3.96. The van der Waals surface area contributed by atoms with Crippen LogP contribution in [-0.4, -0.2) is 69.3 Å². The monoisotopic (exact) mass is 446 g/mol. The van der Waals surface area contributed by atoms with Gasteiger partial charge in [0.25, 0.3) is 0 Å². The van der Waals surface area contributed by atoms with Crippen molar-refractivity contribution in [3.8, 4) is 10.6 Å². The van der Waals surface area contributed by atoms with Crippen molar-refractivity contribution in [2.75, 3.05) is 25.4 Å². The topological polar surface area (TPSA) is 75.6 Å². The van der Waals surface area contributed by atoms with Gasteiger partial charge in [0, 0.05) is 25.3 Å². The van der Waals surface area contributed by atoms with E-state index in [9.17, 15) is 9.59 Å². The van der Waals surface area contributed by atoms with Crippen LogP contribution in [0.15, 0.2) is 34.9 Å². The average Bonchev–Trinajstić information content (AvgIpc) is 3.42. The summed E-state index contributed by atoms with van der Waals surface area (Å²) in [6, 6.07) is 6.18. The first kappa shape index (κ1) is 21.1. The highest BCUT2D eigenvalue weighted by Gasteiger charge is 2.41. The van der Waals surface area contributed by atoms with Crippen LogP contribution in [-0.2, 0) is 9.53 Å². The lowest BCUT2D eigenvalue weighted by atomic mass is 9.98. The van der Waals surface area contributed by atoms with E-state index in [2.05, 4.69) is 23.8 Å². The van der Waals surface area contributed by atoms with Gasteiger partial charge >= 0.3 is 6.09 Å². The molecule has 4 rings (SSSR count). The molecule has 1 atom stereocenters. The molecule has 1 unspecified atom stereocenters. The molecule has 0 bridgehead atoms. The second kappa shape index (κ2) is 9.34. The molecule has 7 nitrogen and oxygen atoms in total. The summed E-state index contributed by atoms with van der Waals surface area (Å²) >= 11 is 3.00. The Morgan fingerprint density at radius 1 is 1.33 bits per heavy atom. The van der Waals surface area contributed by atoms with E-state index >= 15 is 0 Å². The number of piperidine rings is 1. The van der Waals surface area contributed by atoms with Crippen molar-refractivity contribution in [3.63, 3.8) is 0 Å². The quantitative estimate of drug-likeness (QED) is 0.497. The molecular weight excluding hydrogens is 420 g/mol. The van der Waals surface area contributed by atoms with E-state index < -0.39 is 0 Å². The van der Waals surface area contributed by atoms with Crippen LogP contribution in [0.25, 0.3) is 10.6 Å². The maximum Gasteiger partial charge on any atom is 0.410 e. The molecule has 2 fully saturated rings. The number of cyclic esters (lactones) is 1. The first-order chi connectivity index (χ1) is 14.5. The van der Waals surface area contributed by atoms with Crippen LogP contribution in [0.4, 0.5) is 4.79 Å². The van der Waals surface area contributed by atoms with E-state index in [1.165, 1.54) is 11.8 Å². The van der Waals surface area contributed by atoms with Gasteiger partial charge in [0.05, 0.1) is 22.4 Å². The average molecular weight is 447 g/mol. The summed E-state index contributed by atoms with van der Waals surface area (Å²) in [4.78, 5) is 38.6. The molecule has 2 amide bonds. The minimum Gasteiger partial charge on any atom is -0.447 e. The molecule has 2 aromatic heterocycles. The van der Waals surface area contributed by atoms with Crippen molar-refractivity contribution < 1.29 is 14.3 Å². The highest BCUT2D eigenvalue weighted by Crippen LogP contribution is 2.28. The van der Waals surface area contributed by atoms with Gasteiger partial charge in [-0.1, -0.05) is 31.7 Å². The van der Waals surface area contributed by atoms with Gasteiger partial charge in [-0.15, -0.1) is 11.3 Å². The molecule has 2 aliphatic rings. The third kappa shape index (κ3) is 4.62. The number of rotatable bonds is 6. The number of hydrogen-bond donors (Lipinski definition) is 0. The van der Waals surface area contributed by atoms with E-state index in [-0.39, 0.29) is 24.1 Å². The molecule has 0 aliphatic carbocycles. The van der Waals surface area contributed by atoms with E-state index in [0.717, 1.165) is 23.4 Å². The molecule has 0 radical (unpaired) electrons. The highest BCUT2D eigenvalue weighted by atomic mass is 32.2. The lowest BCUT2D eigenvalue weighted by Gasteiger charge is -2.38. The molecule has 2 aromatic rings. The number of nitrogens with zero attached hydrogens (tertiary/aromatic N) is 4. The smallest absolute Gasteiger partial charge is 0.410 e. The molecule has 0 spiro atoms. The molecule has 0 N–H and O–H groups in total. The predicted octanol–water partition coefficient (Wildman–Crippen LogP) is 3.77. The van der Waals surface area contributed by atoms with Gasteiger partial charge in [-0.2, -0.15) is 0 Å². The van der Waals surface area contributed by atoms with E-state index in [0.29, 0.717) is 36.5 Å². The van der Waals surface area contributed by atoms with Crippen molar-refractivity contribution in [1.29, 1.82) is 0 Å². The summed E-state index contributed by atoms with van der Waals surface area (Å²) in [5.74, 6) is 0.768. The van der Waals surface area contributed by atoms with Gasteiger partial charge in [0.2, 0.25) is 5.91 Å². The summed E-state index contributed by atoms with van der Waals surface area (Å²) in [6.45, 7) is 6.02. The number of thioether (sulfide) groups is 1. The second-order valence-corrected chi connectivity index (χ2v) is 9.79. The van der Waals surface area contributed by atoms with Crippen molar-refractivity contribution >= 4 is 35.1 Å². The number of aromatic nitrogens is 2. The number of thiophene rings is 1. The Morgan fingerprint density at radius 3 is 2.83 bits per heavy atom. The third-order valence-electron chi connectivity index (χ3n) is 5.66. The number of hydrogen-bond acceptors (Lipinski definition) is 7. The number of carbonyl (C=O) groups excluding carboxylic acids is 2. The van der Waals surface area contributed by atoms with Crippen LogP contribution in [0, 0.1) is 5.92 Å². The fourth-order valence-corrected chi connectivity index (χ4v) is 5.39. The maximum atomic E-state index is 12.7. The summed E-state index contributed by atoms with van der Waals surface area (Å²) in [5, 5.41) is 2.63. The van der Waals surface area contributed by atoms with Crippen LogP contribution >= 0.6 is 23.1 Å². The van der Waals surface area contributed by atoms with Crippen LogP contribution in [0.3, 0.4) is 0 Å². The fraction of sp³-hybridized carbons (Fsp3) is 0.524. The molecule has 0 saturated carbocycles. The number of ether oxygens (including phenoxy) is 1. The molecule has 160 valence electrons. The van der Waals surface area contributed by atoms with Crippen molar-refractivity contribution in [1.82, 2.24) is 19.8 Å². The Hall–Kier alpha value is -2.13. The summed E-state index contributed by atoms with van der Waals surface area (Å²) < 4.78 is 5.28. The molecule has 30 heavy (non-hydrogen) atoms. The van der Waals surface area contributed by atoms with Crippen LogP contribution < -0.4 is 0 Å². The summed E-state index contributed by atoms with van der Waals surface area (Å²) in [7, 11) is 0. The number of amides is 2. The lowest BCUT2D eigenvalue weighted by Crippen LogP contribution is -2.51. The van der Waals surface area contributed by atoms with Gasteiger partial charge < -0.3 is 9.64 Å². The van der Waals surface area contributed by atoms with Gasteiger partial charge in [0.1, 0.15) is 6.61 Å². The maximum absolute atomic E-state index is 12.7. The molecule has 9 heteroatoms. The zero-order valence-corrected chi connectivity index (χ0v) is 18.8. The van der Waals surface area contributed by atoms with Gasteiger partial charge in [0.15, 0.2) is 5.16 Å². The van der Waals surface area contributed by atoms with Crippen LogP contribution in [0.2, 0.25) is 0 Å². The summed E-state index contributed by atoms with van der Waals surface area (Å²) in [6.07, 6.45) is 3.11. The normalized spacial score (nSPS) is 20.1. The number of carbonyl (C=O) groups is 2. The van der Waals surface area contributed by atoms with Crippen LogP contribution in [0.1, 0.15) is 26.7 Å². The van der Waals surface area contributed by atoms with E-state index in [4.69, 9.17) is 4.74 Å². The SMILES string of the molecule is CC(C)C1COC(=O)N1C1CCN(C(=O)CSc2nccc(-c3cccs3)n2)CC1. The van der Waals surface area contributed by atoms with Crippen LogP contribution in [0.5, 0.6) is 0 Å². The Morgan fingerprint density at radius 2 is 2.13 bits per heavy atom. The molecule has 4 heterocycles. The molecule has 2 saturated heterocycles. The Kier molecular flexibility index (Phi) is 6.58. The largest absolute Gasteiger partial charge is 0.447 e. The highest BCUT2D eigenvalue weighted by molar-refractivity contribution is 7.99. The first-order valence-electron chi connectivity index (χ1n) is 10.3.